The molecule has 0 saturated carbocycles. The van der Waals surface area contributed by atoms with Crippen molar-refractivity contribution in [3.05, 3.63) is 53.6 Å². The molecule has 0 spiro atoms. The van der Waals surface area contributed by atoms with Crippen molar-refractivity contribution in [2.75, 3.05) is 7.05 Å². The second-order valence-corrected chi connectivity index (χ2v) is 7.13. The topological polar surface area (TPSA) is 91.9 Å². The zero-order valence-corrected chi connectivity index (χ0v) is 18.1. The molecule has 9 nitrogen and oxygen atoms in total. The Morgan fingerprint density at radius 1 is 1.00 bits per heavy atom. The molecule has 0 saturated heterocycles. The van der Waals surface area contributed by atoms with Gasteiger partial charge >= 0.3 is 0 Å². The molecular formula is C21H29N7O2. The van der Waals surface area contributed by atoms with Gasteiger partial charge in [-0.2, -0.15) is 0 Å². The predicted octanol–water partition coefficient (Wildman–Crippen LogP) is 2.63. The third kappa shape index (κ3) is 5.37. The summed E-state index contributed by atoms with van der Waals surface area (Å²) in [6, 6.07) is 3.99. The van der Waals surface area contributed by atoms with Gasteiger partial charge in [-0.25, -0.2) is 0 Å². The largest absolute Gasteiger partial charge is 0.487 e. The molecule has 3 rings (SSSR count). The predicted molar refractivity (Wildman–Crippen MR) is 114 cm³/mol. The zero-order chi connectivity index (χ0) is 21.5. The first-order chi connectivity index (χ1) is 14.5. The smallest absolute Gasteiger partial charge is 0.134 e. The number of aryl methyl sites for hydroxylation is 2. The SMILES string of the molecule is C=C(NC)c1cc(OCc2cn(C)nn2)c(CCCC)c(OCc2cn(C)nn2)c1. The monoisotopic (exact) mass is 411 g/mol. The van der Waals surface area contributed by atoms with Gasteiger partial charge in [0, 0.05) is 38.0 Å². The van der Waals surface area contributed by atoms with E-state index in [0.29, 0.717) is 13.2 Å². The average molecular weight is 412 g/mol. The van der Waals surface area contributed by atoms with Crippen LogP contribution in [0.25, 0.3) is 5.70 Å². The Morgan fingerprint density at radius 3 is 1.93 bits per heavy atom. The number of unbranched alkanes of at least 4 members (excludes halogenated alkanes) is 1. The van der Waals surface area contributed by atoms with E-state index < -0.39 is 0 Å². The lowest BCUT2D eigenvalue weighted by molar-refractivity contribution is 0.279. The summed E-state index contributed by atoms with van der Waals surface area (Å²) in [7, 11) is 5.51. The van der Waals surface area contributed by atoms with E-state index in [1.54, 1.807) is 9.36 Å². The summed E-state index contributed by atoms with van der Waals surface area (Å²) in [6.45, 7) is 6.90. The van der Waals surface area contributed by atoms with Crippen LogP contribution in [0.2, 0.25) is 0 Å². The Bertz CT molecular complexity index is 928. The number of aromatic nitrogens is 6. The van der Waals surface area contributed by atoms with Crippen molar-refractivity contribution in [3.8, 4) is 11.5 Å². The van der Waals surface area contributed by atoms with Gasteiger partial charge in [-0.05, 0) is 25.0 Å². The highest BCUT2D eigenvalue weighted by molar-refractivity contribution is 5.66. The number of rotatable bonds is 11. The maximum atomic E-state index is 6.17. The van der Waals surface area contributed by atoms with E-state index in [-0.39, 0.29) is 0 Å². The van der Waals surface area contributed by atoms with E-state index in [4.69, 9.17) is 9.47 Å². The molecule has 0 atom stereocenters. The minimum Gasteiger partial charge on any atom is -0.487 e. The highest BCUT2D eigenvalue weighted by atomic mass is 16.5. The molecule has 30 heavy (non-hydrogen) atoms. The van der Waals surface area contributed by atoms with Gasteiger partial charge < -0.3 is 14.8 Å². The van der Waals surface area contributed by atoms with E-state index in [1.807, 2.05) is 45.7 Å². The van der Waals surface area contributed by atoms with Crippen molar-refractivity contribution < 1.29 is 9.47 Å². The lowest BCUT2D eigenvalue weighted by Gasteiger charge is -2.18. The molecule has 0 fully saturated rings. The first-order valence-electron chi connectivity index (χ1n) is 10.00. The average Bonchev–Trinajstić information content (AvgIpc) is 3.36. The van der Waals surface area contributed by atoms with Crippen LogP contribution in [-0.2, 0) is 33.7 Å². The minimum atomic E-state index is 0.325. The van der Waals surface area contributed by atoms with E-state index in [0.717, 1.165) is 59.0 Å². The maximum Gasteiger partial charge on any atom is 0.134 e. The summed E-state index contributed by atoms with van der Waals surface area (Å²) >= 11 is 0. The molecule has 0 unspecified atom stereocenters. The Labute approximate surface area is 176 Å². The lowest BCUT2D eigenvalue weighted by Crippen LogP contribution is -2.08. The fourth-order valence-electron chi connectivity index (χ4n) is 3.02. The van der Waals surface area contributed by atoms with Crippen LogP contribution in [0.1, 0.15) is 42.3 Å². The van der Waals surface area contributed by atoms with Gasteiger partial charge in [-0.15, -0.1) is 10.2 Å². The second kappa shape index (κ2) is 9.91. The Balaban J connectivity index is 1.92. The summed E-state index contributed by atoms with van der Waals surface area (Å²) in [6.07, 6.45) is 6.61. The van der Waals surface area contributed by atoms with Crippen molar-refractivity contribution in [1.29, 1.82) is 0 Å². The fraction of sp³-hybridized carbons (Fsp3) is 0.429. The highest BCUT2D eigenvalue weighted by Gasteiger charge is 2.16. The lowest BCUT2D eigenvalue weighted by atomic mass is 10.0. The molecule has 0 aliphatic heterocycles. The van der Waals surface area contributed by atoms with Gasteiger partial charge in [0.1, 0.15) is 36.1 Å². The third-order valence-corrected chi connectivity index (χ3v) is 4.65. The molecule has 2 aromatic heterocycles. The molecule has 0 radical (unpaired) electrons. The molecule has 0 bridgehead atoms. The molecule has 2 heterocycles. The molecule has 0 amide bonds. The van der Waals surface area contributed by atoms with Gasteiger partial charge in [0.25, 0.3) is 0 Å². The third-order valence-electron chi connectivity index (χ3n) is 4.65. The van der Waals surface area contributed by atoms with Crippen LogP contribution in [0, 0.1) is 0 Å². The van der Waals surface area contributed by atoms with Crippen LogP contribution in [0.15, 0.2) is 31.1 Å². The number of benzene rings is 1. The quantitative estimate of drug-likeness (QED) is 0.518. The van der Waals surface area contributed by atoms with Crippen LogP contribution in [0.4, 0.5) is 0 Å². The van der Waals surface area contributed by atoms with Gasteiger partial charge in [-0.3, -0.25) is 9.36 Å². The normalized spacial score (nSPS) is 10.8. The maximum absolute atomic E-state index is 6.17. The molecule has 0 aliphatic carbocycles. The number of hydrogen-bond donors (Lipinski definition) is 1. The van der Waals surface area contributed by atoms with Crippen LogP contribution < -0.4 is 14.8 Å². The van der Waals surface area contributed by atoms with E-state index in [2.05, 4.69) is 39.4 Å². The summed E-state index contributed by atoms with van der Waals surface area (Å²) in [4.78, 5) is 0. The van der Waals surface area contributed by atoms with Crippen LogP contribution in [-0.4, -0.2) is 37.0 Å². The van der Waals surface area contributed by atoms with Gasteiger partial charge in [0.2, 0.25) is 0 Å². The van der Waals surface area contributed by atoms with E-state index >= 15 is 0 Å². The first-order valence-corrected chi connectivity index (χ1v) is 10.00. The number of nitrogens with zero attached hydrogens (tertiary/aromatic N) is 6. The molecule has 160 valence electrons. The standard InChI is InChI=1S/C21H29N7O2/c1-6-7-8-19-20(29-13-17-11-27(4)25-23-17)9-16(15(2)22-3)10-21(19)30-14-18-12-28(5)26-24-18/h9-12,22H,2,6-8,13-14H2,1,3-5H3. The molecular weight excluding hydrogens is 382 g/mol. The van der Waals surface area contributed by atoms with Crippen molar-refractivity contribution in [2.45, 2.75) is 39.4 Å². The van der Waals surface area contributed by atoms with Gasteiger partial charge in [0.15, 0.2) is 0 Å². The fourth-order valence-corrected chi connectivity index (χ4v) is 3.02. The number of nitrogens with one attached hydrogen (secondary N) is 1. The molecule has 9 heteroatoms. The van der Waals surface area contributed by atoms with Crippen LogP contribution in [0.3, 0.4) is 0 Å². The highest BCUT2D eigenvalue weighted by Crippen LogP contribution is 2.35. The summed E-state index contributed by atoms with van der Waals surface area (Å²) in [5.41, 5.74) is 4.24. The van der Waals surface area contributed by atoms with Crippen molar-refractivity contribution in [3.63, 3.8) is 0 Å². The zero-order valence-electron chi connectivity index (χ0n) is 18.1. The van der Waals surface area contributed by atoms with E-state index in [9.17, 15) is 0 Å². The van der Waals surface area contributed by atoms with Crippen molar-refractivity contribution >= 4 is 5.70 Å². The Hall–Kier alpha value is -3.36. The summed E-state index contributed by atoms with van der Waals surface area (Å²) < 4.78 is 15.7. The second-order valence-electron chi connectivity index (χ2n) is 7.13. The summed E-state index contributed by atoms with van der Waals surface area (Å²) in [5.74, 6) is 1.52. The van der Waals surface area contributed by atoms with Crippen molar-refractivity contribution in [2.24, 2.45) is 14.1 Å². The Kier molecular flexibility index (Phi) is 7.05. The van der Waals surface area contributed by atoms with Crippen LogP contribution >= 0.6 is 0 Å². The van der Waals surface area contributed by atoms with Crippen molar-refractivity contribution in [1.82, 2.24) is 35.3 Å². The molecule has 1 N–H and O–H groups in total. The number of ether oxygens (including phenoxy) is 2. The molecule has 1 aromatic carbocycles. The first kappa shape index (κ1) is 21.4. The van der Waals surface area contributed by atoms with Crippen LogP contribution in [0.5, 0.6) is 11.5 Å². The Morgan fingerprint density at radius 2 is 1.53 bits per heavy atom. The van der Waals surface area contributed by atoms with Gasteiger partial charge in [-0.1, -0.05) is 30.4 Å². The molecule has 3 aromatic rings. The number of hydrogen-bond acceptors (Lipinski definition) is 7. The van der Waals surface area contributed by atoms with E-state index in [1.165, 1.54) is 0 Å². The minimum absolute atomic E-state index is 0.325. The van der Waals surface area contributed by atoms with Gasteiger partial charge in [0.05, 0.1) is 12.4 Å². The molecule has 0 aliphatic rings. The summed E-state index contributed by atoms with van der Waals surface area (Å²) in [5, 5.41) is 19.2.